The highest BCUT2D eigenvalue weighted by Gasteiger charge is 2.31. The fourth-order valence-electron chi connectivity index (χ4n) is 2.28. The maximum atomic E-state index is 12.1. The van der Waals surface area contributed by atoms with E-state index in [2.05, 4.69) is 15.0 Å². The van der Waals surface area contributed by atoms with Gasteiger partial charge in [-0.1, -0.05) is 30.3 Å². The minimum atomic E-state index is -4.76. The molecule has 0 bridgehead atoms. The third-order valence-electron chi connectivity index (χ3n) is 3.51. The highest BCUT2D eigenvalue weighted by Crippen LogP contribution is 2.24. The van der Waals surface area contributed by atoms with Gasteiger partial charge in [-0.25, -0.2) is 0 Å². The second kappa shape index (κ2) is 11.1. The number of hydrogen-bond donors (Lipinski definition) is 3. The number of nitrogens with one attached hydrogen (secondary N) is 1. The first-order chi connectivity index (χ1) is 12.8. The van der Waals surface area contributed by atoms with Crippen molar-refractivity contribution in [1.82, 2.24) is 0 Å². The van der Waals surface area contributed by atoms with Crippen molar-refractivity contribution in [3.8, 4) is 5.75 Å². The molecule has 0 heterocycles. The summed E-state index contributed by atoms with van der Waals surface area (Å²) in [6.45, 7) is 0.330. The lowest BCUT2D eigenvalue weighted by molar-refractivity contribution is -0.274. The summed E-state index contributed by atoms with van der Waals surface area (Å²) < 4.78 is 45.3. The first kappa shape index (κ1) is 24.0. The molecule has 0 aliphatic heterocycles. The van der Waals surface area contributed by atoms with Crippen LogP contribution in [0.1, 0.15) is 17.2 Å². The van der Waals surface area contributed by atoms with Crippen LogP contribution in [0.25, 0.3) is 0 Å². The van der Waals surface area contributed by atoms with Crippen molar-refractivity contribution >= 4 is 35.6 Å². The summed E-state index contributed by atoms with van der Waals surface area (Å²) >= 11 is 0. The summed E-state index contributed by atoms with van der Waals surface area (Å²) in [7, 11) is 1.58. The number of para-hydroxylation sites is 1. The predicted octanol–water partition coefficient (Wildman–Crippen LogP) is 3.81. The fraction of sp³-hybridized carbons (Fsp3) is 0.278. The van der Waals surface area contributed by atoms with E-state index in [4.69, 9.17) is 10.5 Å². The van der Waals surface area contributed by atoms with Gasteiger partial charge >= 0.3 is 6.36 Å². The number of benzene rings is 2. The van der Waals surface area contributed by atoms with Crippen LogP contribution < -0.4 is 15.8 Å². The molecule has 0 aliphatic rings. The Labute approximate surface area is 177 Å². The average molecular weight is 511 g/mol. The molecule has 10 heteroatoms. The SMILES string of the molecule is COCc1ccccc1NC(N)=NCC(O)c1ccc(OC(F)(F)F)cc1.I. The minimum absolute atomic E-state index is 0. The molecule has 154 valence electrons. The summed E-state index contributed by atoms with van der Waals surface area (Å²) in [5, 5.41) is 13.1. The number of alkyl halides is 3. The van der Waals surface area contributed by atoms with Gasteiger partial charge in [-0.3, -0.25) is 4.99 Å². The molecule has 1 unspecified atom stereocenters. The van der Waals surface area contributed by atoms with E-state index < -0.39 is 12.5 Å². The zero-order valence-electron chi connectivity index (χ0n) is 14.9. The number of rotatable bonds is 7. The molecule has 0 fully saturated rings. The Morgan fingerprint density at radius 3 is 2.43 bits per heavy atom. The summed E-state index contributed by atoms with van der Waals surface area (Å²) in [4.78, 5) is 4.06. The predicted molar refractivity (Wildman–Crippen MR) is 111 cm³/mol. The maximum Gasteiger partial charge on any atom is 0.573 e. The number of halogens is 4. The summed E-state index contributed by atoms with van der Waals surface area (Å²) in [6, 6.07) is 12.3. The Morgan fingerprint density at radius 2 is 1.82 bits per heavy atom. The van der Waals surface area contributed by atoms with Gasteiger partial charge < -0.3 is 25.6 Å². The van der Waals surface area contributed by atoms with Gasteiger partial charge in [0.2, 0.25) is 0 Å². The normalized spacial score (nSPS) is 12.8. The molecule has 0 radical (unpaired) electrons. The van der Waals surface area contributed by atoms with Crippen LogP contribution in [-0.2, 0) is 11.3 Å². The number of aliphatic imine (C=N–C) groups is 1. The average Bonchev–Trinajstić information content (AvgIpc) is 2.61. The molecular weight excluding hydrogens is 490 g/mol. The molecule has 0 saturated heterocycles. The summed E-state index contributed by atoms with van der Waals surface area (Å²) in [5.74, 6) is -0.271. The van der Waals surface area contributed by atoms with Gasteiger partial charge in [0.25, 0.3) is 0 Å². The van der Waals surface area contributed by atoms with E-state index in [0.29, 0.717) is 12.2 Å². The number of methoxy groups -OCH3 is 1. The molecule has 0 spiro atoms. The lowest BCUT2D eigenvalue weighted by atomic mass is 10.1. The standard InChI is InChI=1S/C18H20F3N3O3.HI/c1-26-11-13-4-2-3-5-15(13)24-17(22)23-10-16(25)12-6-8-14(9-7-12)27-18(19,20)21;/h2-9,16,25H,10-11H2,1H3,(H3,22,23,24);1H. The maximum absolute atomic E-state index is 12.1. The van der Waals surface area contributed by atoms with E-state index in [1.165, 1.54) is 12.1 Å². The monoisotopic (exact) mass is 511 g/mol. The number of hydrogen-bond acceptors (Lipinski definition) is 4. The molecule has 0 saturated carbocycles. The third kappa shape index (κ3) is 7.90. The first-order valence-corrected chi connectivity index (χ1v) is 7.96. The van der Waals surface area contributed by atoms with Crippen molar-refractivity contribution in [2.75, 3.05) is 19.0 Å². The van der Waals surface area contributed by atoms with E-state index >= 15 is 0 Å². The van der Waals surface area contributed by atoms with Gasteiger partial charge in [-0.2, -0.15) is 0 Å². The number of aliphatic hydroxyl groups excluding tert-OH is 1. The van der Waals surface area contributed by atoms with Gasteiger partial charge in [0.1, 0.15) is 5.75 Å². The molecule has 6 nitrogen and oxygen atoms in total. The Hall–Kier alpha value is -2.05. The molecule has 2 rings (SSSR count). The summed E-state index contributed by atoms with van der Waals surface area (Å²) in [5.41, 5.74) is 7.84. The molecule has 4 N–H and O–H groups in total. The van der Waals surface area contributed by atoms with Crippen LogP contribution in [0.2, 0.25) is 0 Å². The van der Waals surface area contributed by atoms with Crippen LogP contribution in [0.15, 0.2) is 53.5 Å². The van der Waals surface area contributed by atoms with Crippen LogP contribution in [-0.4, -0.2) is 31.1 Å². The van der Waals surface area contributed by atoms with Crippen LogP contribution in [0.5, 0.6) is 5.75 Å². The van der Waals surface area contributed by atoms with E-state index in [-0.39, 0.29) is 42.2 Å². The van der Waals surface area contributed by atoms with Gasteiger partial charge in [0.15, 0.2) is 5.96 Å². The number of nitrogens with two attached hydrogens (primary N) is 1. The van der Waals surface area contributed by atoms with E-state index in [0.717, 1.165) is 23.4 Å². The first-order valence-electron chi connectivity index (χ1n) is 7.96. The Kier molecular flexibility index (Phi) is 9.49. The van der Waals surface area contributed by atoms with Crippen molar-refractivity contribution in [2.24, 2.45) is 10.7 Å². The van der Waals surface area contributed by atoms with Crippen molar-refractivity contribution in [3.63, 3.8) is 0 Å². The van der Waals surface area contributed by atoms with E-state index in [1.54, 1.807) is 7.11 Å². The number of aliphatic hydroxyl groups is 1. The molecule has 1 atom stereocenters. The number of ether oxygens (including phenoxy) is 2. The van der Waals surface area contributed by atoms with E-state index in [9.17, 15) is 18.3 Å². The number of nitrogens with zero attached hydrogens (tertiary/aromatic N) is 1. The van der Waals surface area contributed by atoms with Crippen LogP contribution in [0.4, 0.5) is 18.9 Å². The van der Waals surface area contributed by atoms with Crippen LogP contribution in [0, 0.1) is 0 Å². The zero-order valence-corrected chi connectivity index (χ0v) is 17.3. The van der Waals surface area contributed by atoms with Crippen molar-refractivity contribution in [1.29, 1.82) is 0 Å². The third-order valence-corrected chi connectivity index (χ3v) is 3.51. The second-order valence-corrected chi connectivity index (χ2v) is 5.57. The highest BCUT2D eigenvalue weighted by molar-refractivity contribution is 14.0. The Balaban J connectivity index is 0.00000392. The highest BCUT2D eigenvalue weighted by atomic mass is 127. The molecule has 2 aromatic rings. The van der Waals surface area contributed by atoms with Crippen molar-refractivity contribution in [3.05, 3.63) is 59.7 Å². The molecule has 0 aromatic heterocycles. The van der Waals surface area contributed by atoms with E-state index in [1.807, 2.05) is 24.3 Å². The second-order valence-electron chi connectivity index (χ2n) is 5.57. The quantitative estimate of drug-likeness (QED) is 0.299. The lowest BCUT2D eigenvalue weighted by Crippen LogP contribution is -2.24. The fourth-order valence-corrected chi connectivity index (χ4v) is 2.28. The Bertz CT molecular complexity index is 771. The van der Waals surface area contributed by atoms with Crippen molar-refractivity contribution < 1.29 is 27.8 Å². The van der Waals surface area contributed by atoms with Crippen LogP contribution in [0.3, 0.4) is 0 Å². The minimum Gasteiger partial charge on any atom is -0.406 e. The number of guanidine groups is 1. The van der Waals surface area contributed by atoms with Crippen LogP contribution >= 0.6 is 24.0 Å². The zero-order chi connectivity index (χ0) is 19.9. The molecule has 28 heavy (non-hydrogen) atoms. The molecule has 0 aliphatic carbocycles. The molecule has 0 amide bonds. The van der Waals surface area contributed by atoms with Gasteiger partial charge in [0.05, 0.1) is 19.3 Å². The molecule has 2 aromatic carbocycles. The summed E-state index contributed by atoms with van der Waals surface area (Å²) in [6.07, 6.45) is -5.79. The van der Waals surface area contributed by atoms with Gasteiger partial charge in [0, 0.05) is 18.4 Å². The number of anilines is 1. The smallest absolute Gasteiger partial charge is 0.406 e. The molecular formula is C18H21F3IN3O3. The Morgan fingerprint density at radius 1 is 1.18 bits per heavy atom. The topological polar surface area (TPSA) is 89.1 Å². The van der Waals surface area contributed by atoms with Gasteiger partial charge in [-0.15, -0.1) is 37.1 Å². The largest absolute Gasteiger partial charge is 0.573 e. The van der Waals surface area contributed by atoms with Crippen molar-refractivity contribution in [2.45, 2.75) is 19.1 Å². The van der Waals surface area contributed by atoms with Gasteiger partial charge in [-0.05, 0) is 23.8 Å². The lowest BCUT2D eigenvalue weighted by Gasteiger charge is -2.13.